The van der Waals surface area contributed by atoms with Crippen LogP contribution >= 0.6 is 0 Å². The van der Waals surface area contributed by atoms with Crippen molar-refractivity contribution in [2.45, 2.75) is 6.92 Å². The van der Waals surface area contributed by atoms with Crippen molar-refractivity contribution < 1.29 is 14.3 Å². The van der Waals surface area contributed by atoms with Gasteiger partial charge in [0.25, 0.3) is 0 Å². The Balaban J connectivity index is 2.35. The number of hydrogen-bond acceptors (Lipinski definition) is 4. The number of rotatable bonds is 2. The molecule has 0 aliphatic carbocycles. The van der Waals surface area contributed by atoms with Gasteiger partial charge in [-0.1, -0.05) is 0 Å². The number of esters is 1. The van der Waals surface area contributed by atoms with Gasteiger partial charge in [0.2, 0.25) is 0 Å². The molecule has 0 bridgehead atoms. The van der Waals surface area contributed by atoms with Crippen LogP contribution in [0, 0.1) is 16.7 Å². The number of ether oxygens (including phenoxy) is 2. The summed E-state index contributed by atoms with van der Waals surface area (Å²) in [5.74, 6) is -0.355. The van der Waals surface area contributed by atoms with Crippen LogP contribution in [-0.2, 0) is 14.3 Å². The molecule has 60 valence electrons. The van der Waals surface area contributed by atoms with Crippen molar-refractivity contribution in [3.05, 3.63) is 0 Å². The highest BCUT2D eigenvalue weighted by atomic mass is 16.5. The summed E-state index contributed by atoms with van der Waals surface area (Å²) in [6.07, 6.45) is 0. The molecule has 0 radical (unpaired) electrons. The molecule has 0 atom stereocenters. The normalized spacial score (nSPS) is 19.6. The quantitative estimate of drug-likeness (QED) is 0.530. The van der Waals surface area contributed by atoms with Crippen LogP contribution in [0.15, 0.2) is 0 Å². The first-order chi connectivity index (χ1) is 5.18. The van der Waals surface area contributed by atoms with Gasteiger partial charge in [-0.05, 0) is 0 Å². The molecular formula is C7H9NO3. The average molecular weight is 155 g/mol. The molecular weight excluding hydrogens is 146 g/mol. The van der Waals surface area contributed by atoms with E-state index < -0.39 is 5.41 Å². The molecule has 1 aliphatic rings. The molecule has 0 unspecified atom stereocenters. The second-order valence-corrected chi connectivity index (χ2v) is 2.67. The lowest BCUT2D eigenvalue weighted by molar-refractivity contribution is -0.155. The van der Waals surface area contributed by atoms with Crippen molar-refractivity contribution in [1.82, 2.24) is 0 Å². The van der Waals surface area contributed by atoms with E-state index in [4.69, 9.17) is 14.7 Å². The van der Waals surface area contributed by atoms with Gasteiger partial charge in [0, 0.05) is 6.92 Å². The Labute approximate surface area is 64.7 Å². The largest absolute Gasteiger partial charge is 0.464 e. The van der Waals surface area contributed by atoms with Gasteiger partial charge >= 0.3 is 5.97 Å². The van der Waals surface area contributed by atoms with Gasteiger partial charge in [0.15, 0.2) is 0 Å². The number of hydrogen-bond donors (Lipinski definition) is 0. The SMILES string of the molecule is CC(=O)OCC1(C#N)COC1. The van der Waals surface area contributed by atoms with E-state index in [0.717, 1.165) is 0 Å². The molecule has 1 heterocycles. The second-order valence-electron chi connectivity index (χ2n) is 2.67. The van der Waals surface area contributed by atoms with Gasteiger partial charge in [-0.3, -0.25) is 4.79 Å². The first-order valence-electron chi connectivity index (χ1n) is 3.31. The molecule has 0 aromatic carbocycles. The van der Waals surface area contributed by atoms with E-state index >= 15 is 0 Å². The highest BCUT2D eigenvalue weighted by molar-refractivity contribution is 5.66. The van der Waals surface area contributed by atoms with Crippen molar-refractivity contribution in [2.24, 2.45) is 5.41 Å². The molecule has 11 heavy (non-hydrogen) atoms. The van der Waals surface area contributed by atoms with Crippen LogP contribution in [0.5, 0.6) is 0 Å². The Hall–Kier alpha value is -1.08. The maximum absolute atomic E-state index is 10.4. The maximum atomic E-state index is 10.4. The fourth-order valence-electron chi connectivity index (χ4n) is 0.768. The fraction of sp³-hybridized carbons (Fsp3) is 0.714. The zero-order chi connectivity index (χ0) is 8.32. The van der Waals surface area contributed by atoms with Crippen LogP contribution in [-0.4, -0.2) is 25.8 Å². The number of nitrogens with zero attached hydrogens (tertiary/aromatic N) is 1. The summed E-state index contributed by atoms with van der Waals surface area (Å²) in [5, 5.41) is 8.63. The van der Waals surface area contributed by atoms with Crippen molar-refractivity contribution in [3.8, 4) is 6.07 Å². The van der Waals surface area contributed by atoms with Gasteiger partial charge in [-0.2, -0.15) is 5.26 Å². The topological polar surface area (TPSA) is 59.3 Å². The van der Waals surface area contributed by atoms with Crippen molar-refractivity contribution in [1.29, 1.82) is 5.26 Å². The van der Waals surface area contributed by atoms with Crippen molar-refractivity contribution in [3.63, 3.8) is 0 Å². The van der Waals surface area contributed by atoms with E-state index in [0.29, 0.717) is 13.2 Å². The number of nitriles is 1. The Morgan fingerprint density at radius 3 is 2.73 bits per heavy atom. The molecule has 0 saturated carbocycles. The summed E-state index contributed by atoms with van der Waals surface area (Å²) in [6.45, 7) is 2.22. The lowest BCUT2D eigenvalue weighted by atomic mass is 9.89. The smallest absolute Gasteiger partial charge is 0.302 e. The Bertz CT molecular complexity index is 202. The molecule has 4 nitrogen and oxygen atoms in total. The van der Waals surface area contributed by atoms with Crippen molar-refractivity contribution >= 4 is 5.97 Å². The Morgan fingerprint density at radius 2 is 2.45 bits per heavy atom. The molecule has 0 aromatic rings. The highest BCUT2D eigenvalue weighted by Crippen LogP contribution is 2.26. The third-order valence-corrected chi connectivity index (χ3v) is 1.55. The van der Waals surface area contributed by atoms with Crippen LogP contribution in [0.3, 0.4) is 0 Å². The summed E-state index contributed by atoms with van der Waals surface area (Å²) < 4.78 is 9.55. The minimum atomic E-state index is -0.564. The molecule has 1 fully saturated rings. The standard InChI is InChI=1S/C7H9NO3/c1-6(9)11-5-7(2-8)3-10-4-7/h3-5H2,1H3. The van der Waals surface area contributed by atoms with Crippen LogP contribution in [0.2, 0.25) is 0 Å². The molecule has 1 saturated heterocycles. The van der Waals surface area contributed by atoms with E-state index in [1.54, 1.807) is 0 Å². The fourth-order valence-corrected chi connectivity index (χ4v) is 0.768. The van der Waals surface area contributed by atoms with Gasteiger partial charge < -0.3 is 9.47 Å². The zero-order valence-electron chi connectivity index (χ0n) is 6.29. The lowest BCUT2D eigenvalue weighted by Gasteiger charge is -2.33. The van der Waals surface area contributed by atoms with Crippen LogP contribution in [0.4, 0.5) is 0 Å². The second kappa shape index (κ2) is 2.89. The van der Waals surface area contributed by atoms with E-state index in [1.807, 2.05) is 0 Å². The summed E-state index contributed by atoms with van der Waals surface area (Å²) in [7, 11) is 0. The summed E-state index contributed by atoms with van der Waals surface area (Å²) in [5.41, 5.74) is -0.564. The molecule has 4 heteroatoms. The summed E-state index contributed by atoms with van der Waals surface area (Å²) in [4.78, 5) is 10.4. The molecule has 1 rings (SSSR count). The van der Waals surface area contributed by atoms with Crippen LogP contribution in [0.25, 0.3) is 0 Å². The highest BCUT2D eigenvalue weighted by Gasteiger charge is 2.40. The molecule has 0 aromatic heterocycles. The third-order valence-electron chi connectivity index (χ3n) is 1.55. The predicted molar refractivity (Wildman–Crippen MR) is 35.5 cm³/mol. The van der Waals surface area contributed by atoms with Crippen LogP contribution in [0.1, 0.15) is 6.92 Å². The first-order valence-corrected chi connectivity index (χ1v) is 3.31. The molecule has 0 N–H and O–H groups in total. The van der Waals surface area contributed by atoms with Gasteiger partial charge in [0.1, 0.15) is 12.0 Å². The predicted octanol–water partition coefficient (Wildman–Crippen LogP) is 0.0897. The van der Waals surface area contributed by atoms with Gasteiger partial charge in [-0.25, -0.2) is 0 Å². The number of carbonyl (C=O) groups is 1. The van der Waals surface area contributed by atoms with E-state index in [2.05, 4.69) is 6.07 Å². The van der Waals surface area contributed by atoms with E-state index in [-0.39, 0.29) is 12.6 Å². The molecule has 0 amide bonds. The summed E-state index contributed by atoms with van der Waals surface area (Å²) >= 11 is 0. The van der Waals surface area contributed by atoms with E-state index in [1.165, 1.54) is 6.92 Å². The third kappa shape index (κ3) is 1.69. The van der Waals surface area contributed by atoms with Crippen molar-refractivity contribution in [2.75, 3.05) is 19.8 Å². The Kier molecular flexibility index (Phi) is 2.11. The number of carbonyl (C=O) groups excluding carboxylic acids is 1. The Morgan fingerprint density at radius 1 is 1.82 bits per heavy atom. The minimum Gasteiger partial charge on any atom is -0.464 e. The van der Waals surface area contributed by atoms with Gasteiger partial charge in [0.05, 0.1) is 19.3 Å². The molecule has 1 aliphatic heterocycles. The zero-order valence-corrected chi connectivity index (χ0v) is 6.29. The maximum Gasteiger partial charge on any atom is 0.302 e. The first kappa shape index (κ1) is 8.02. The summed E-state index contributed by atoms with van der Waals surface area (Å²) in [6, 6.07) is 2.07. The monoisotopic (exact) mass is 155 g/mol. The average Bonchev–Trinajstić information content (AvgIpc) is 1.86. The molecule has 0 spiro atoms. The van der Waals surface area contributed by atoms with Crippen LogP contribution < -0.4 is 0 Å². The lowest BCUT2D eigenvalue weighted by Crippen LogP contribution is -2.45. The van der Waals surface area contributed by atoms with Gasteiger partial charge in [-0.15, -0.1) is 0 Å². The minimum absolute atomic E-state index is 0.152. The van der Waals surface area contributed by atoms with E-state index in [9.17, 15) is 4.79 Å².